The minimum atomic E-state index is -1.60. The first-order chi connectivity index (χ1) is 14.5. The van der Waals surface area contributed by atoms with Crippen LogP contribution in [0.2, 0.25) is 0 Å². The van der Waals surface area contributed by atoms with Gasteiger partial charge in [0.25, 0.3) is 17.6 Å². The Morgan fingerprint density at radius 1 is 1.07 bits per heavy atom. The molecule has 1 unspecified atom stereocenters. The lowest BCUT2D eigenvalue weighted by Crippen LogP contribution is -2.43. The van der Waals surface area contributed by atoms with Crippen LogP contribution >= 0.6 is 0 Å². The molecule has 5 rings (SSSR count). The number of nitrogens with zero attached hydrogens (tertiary/aromatic N) is 1. The Kier molecular flexibility index (Phi) is 4.34. The molecule has 3 aliphatic rings. The first-order valence-electron chi connectivity index (χ1n) is 10.0. The zero-order chi connectivity index (χ0) is 21.0. The van der Waals surface area contributed by atoms with Crippen molar-refractivity contribution in [3.05, 3.63) is 64.2 Å². The molecule has 1 spiro atoms. The van der Waals surface area contributed by atoms with Crippen LogP contribution in [-0.2, 0) is 20.1 Å². The zero-order valence-corrected chi connectivity index (χ0v) is 16.4. The minimum absolute atomic E-state index is 0.0338. The van der Waals surface area contributed by atoms with Gasteiger partial charge in [-0.05, 0) is 49.1 Å². The number of halogens is 1. The van der Waals surface area contributed by atoms with Gasteiger partial charge in [0.05, 0.1) is 42.6 Å². The fraction of sp³-hybridized carbons (Fsp3) is 0.348. The fourth-order valence-corrected chi connectivity index (χ4v) is 4.67. The Labute approximate surface area is 172 Å². The summed E-state index contributed by atoms with van der Waals surface area (Å²) in [5.41, 5.74) is 2.81. The molecule has 0 radical (unpaired) electrons. The highest BCUT2D eigenvalue weighted by Gasteiger charge is 2.55. The third kappa shape index (κ3) is 2.45. The molecule has 1 aliphatic carbocycles. The smallest absolute Gasteiger partial charge is 0.266 e. The molecular formula is C23H20FNO5. The van der Waals surface area contributed by atoms with Crippen molar-refractivity contribution in [1.82, 2.24) is 0 Å². The molecule has 0 N–H and O–H groups in total. The maximum Gasteiger partial charge on any atom is 0.266 e. The zero-order valence-electron chi connectivity index (χ0n) is 16.4. The Morgan fingerprint density at radius 2 is 1.70 bits per heavy atom. The molecule has 7 heteroatoms. The molecule has 1 fully saturated rings. The van der Waals surface area contributed by atoms with Crippen LogP contribution in [0, 0.1) is 6.92 Å². The molecular weight excluding hydrogens is 389 g/mol. The average Bonchev–Trinajstić information content (AvgIpc) is 3.13. The van der Waals surface area contributed by atoms with Gasteiger partial charge < -0.3 is 9.47 Å². The second-order valence-electron chi connectivity index (χ2n) is 7.78. The SMILES string of the molecule is Cc1cc2c(cc1N1C(=O)c3ccccc3C1=O)C1(OCCCO1)C(=O)C2CCF. The van der Waals surface area contributed by atoms with Crippen LogP contribution in [0.5, 0.6) is 0 Å². The maximum absolute atomic E-state index is 13.2. The summed E-state index contributed by atoms with van der Waals surface area (Å²) in [5, 5.41) is 0. The van der Waals surface area contributed by atoms with E-state index in [1.54, 1.807) is 43.3 Å². The number of carbonyl (C=O) groups is 3. The molecule has 2 heterocycles. The van der Waals surface area contributed by atoms with Crippen molar-refractivity contribution in [2.24, 2.45) is 0 Å². The van der Waals surface area contributed by atoms with Crippen molar-refractivity contribution in [2.45, 2.75) is 31.5 Å². The Morgan fingerprint density at radius 3 is 2.30 bits per heavy atom. The summed E-state index contributed by atoms with van der Waals surface area (Å²) in [6.07, 6.45) is 0.682. The monoisotopic (exact) mass is 409 g/mol. The molecule has 2 amide bonds. The standard InChI is InChI=1S/C23H20FNO5/c1-13-11-17-14(7-8-24)20(26)23(29-9-4-10-30-23)18(17)12-19(13)25-21(27)15-5-2-3-6-16(15)22(25)28/h2-3,5-6,11-12,14H,4,7-10H2,1H3. The number of amides is 2. The van der Waals surface area contributed by atoms with Gasteiger partial charge in [0.15, 0.2) is 0 Å². The van der Waals surface area contributed by atoms with Crippen molar-refractivity contribution >= 4 is 23.3 Å². The van der Waals surface area contributed by atoms with Crippen LogP contribution in [0.4, 0.5) is 10.1 Å². The van der Waals surface area contributed by atoms with Gasteiger partial charge in [-0.2, -0.15) is 0 Å². The number of alkyl halides is 1. The molecule has 0 saturated carbocycles. The number of carbonyl (C=O) groups excluding carboxylic acids is 3. The quantitative estimate of drug-likeness (QED) is 0.727. The van der Waals surface area contributed by atoms with E-state index in [9.17, 15) is 18.8 Å². The summed E-state index contributed by atoms with van der Waals surface area (Å²) < 4.78 is 24.9. The third-order valence-electron chi connectivity index (χ3n) is 6.07. The van der Waals surface area contributed by atoms with Crippen molar-refractivity contribution in [2.75, 3.05) is 24.8 Å². The number of rotatable bonds is 3. The highest BCUT2D eigenvalue weighted by molar-refractivity contribution is 6.34. The number of aryl methyl sites for hydroxylation is 1. The molecule has 30 heavy (non-hydrogen) atoms. The largest absolute Gasteiger partial charge is 0.340 e. The third-order valence-corrected chi connectivity index (χ3v) is 6.07. The Bertz CT molecular complexity index is 1050. The van der Waals surface area contributed by atoms with Crippen molar-refractivity contribution < 1.29 is 28.2 Å². The van der Waals surface area contributed by atoms with Gasteiger partial charge in [-0.1, -0.05) is 18.2 Å². The van der Waals surface area contributed by atoms with Gasteiger partial charge in [0.2, 0.25) is 5.78 Å². The second kappa shape index (κ2) is 6.82. The van der Waals surface area contributed by atoms with Gasteiger partial charge in [-0.25, -0.2) is 4.90 Å². The van der Waals surface area contributed by atoms with E-state index in [2.05, 4.69) is 0 Å². The van der Waals surface area contributed by atoms with Crippen LogP contribution in [0.3, 0.4) is 0 Å². The molecule has 0 bridgehead atoms. The molecule has 2 aliphatic heterocycles. The number of benzene rings is 2. The minimum Gasteiger partial charge on any atom is -0.340 e. The number of ketones is 1. The highest BCUT2D eigenvalue weighted by Crippen LogP contribution is 2.50. The van der Waals surface area contributed by atoms with Crippen molar-refractivity contribution in [3.63, 3.8) is 0 Å². The topological polar surface area (TPSA) is 72.9 Å². The van der Waals surface area contributed by atoms with E-state index in [0.717, 1.165) is 4.90 Å². The highest BCUT2D eigenvalue weighted by atomic mass is 19.1. The normalized spacial score (nSPS) is 22.0. The Hall–Kier alpha value is -2.90. The second-order valence-corrected chi connectivity index (χ2v) is 7.78. The van der Waals surface area contributed by atoms with Crippen molar-refractivity contribution in [1.29, 1.82) is 0 Å². The molecule has 1 saturated heterocycles. The lowest BCUT2D eigenvalue weighted by molar-refractivity contribution is -0.257. The summed E-state index contributed by atoms with van der Waals surface area (Å²) in [6, 6.07) is 10.0. The van der Waals surface area contributed by atoms with Crippen LogP contribution in [0.25, 0.3) is 0 Å². The average molecular weight is 409 g/mol. The van der Waals surface area contributed by atoms with Crippen LogP contribution < -0.4 is 4.90 Å². The number of imide groups is 1. The summed E-state index contributed by atoms with van der Waals surface area (Å²) in [7, 11) is 0. The number of anilines is 1. The van der Waals surface area contributed by atoms with E-state index >= 15 is 0 Å². The van der Waals surface area contributed by atoms with Gasteiger partial charge in [0.1, 0.15) is 0 Å². The van der Waals surface area contributed by atoms with E-state index < -0.39 is 30.2 Å². The van der Waals surface area contributed by atoms with Gasteiger partial charge in [-0.3, -0.25) is 18.8 Å². The Balaban J connectivity index is 1.67. The van der Waals surface area contributed by atoms with E-state index in [4.69, 9.17) is 9.47 Å². The van der Waals surface area contributed by atoms with Crippen LogP contribution in [-0.4, -0.2) is 37.5 Å². The summed E-state index contributed by atoms with van der Waals surface area (Å²) in [6.45, 7) is 1.79. The van der Waals surface area contributed by atoms with Gasteiger partial charge in [-0.15, -0.1) is 0 Å². The van der Waals surface area contributed by atoms with Gasteiger partial charge >= 0.3 is 0 Å². The molecule has 6 nitrogen and oxygen atoms in total. The molecule has 0 aromatic heterocycles. The van der Waals surface area contributed by atoms with Crippen molar-refractivity contribution in [3.8, 4) is 0 Å². The van der Waals surface area contributed by atoms with E-state index in [-0.39, 0.29) is 12.2 Å². The number of ether oxygens (including phenoxy) is 2. The predicted octanol–water partition coefficient (Wildman–Crippen LogP) is 3.41. The first-order valence-corrected chi connectivity index (χ1v) is 10.0. The number of hydrogen-bond donors (Lipinski definition) is 0. The fourth-order valence-electron chi connectivity index (χ4n) is 4.67. The maximum atomic E-state index is 13.2. The number of Topliss-reactive ketones (excluding diaryl/α,β-unsaturated/α-hetero) is 1. The van der Waals surface area contributed by atoms with Crippen LogP contribution in [0.1, 0.15) is 56.2 Å². The molecule has 1 atom stereocenters. The van der Waals surface area contributed by atoms with E-state index in [1.807, 2.05) is 0 Å². The van der Waals surface area contributed by atoms with E-state index in [1.165, 1.54) is 0 Å². The predicted molar refractivity (Wildman–Crippen MR) is 105 cm³/mol. The molecule has 154 valence electrons. The van der Waals surface area contributed by atoms with Crippen LogP contribution in [0.15, 0.2) is 36.4 Å². The lowest BCUT2D eigenvalue weighted by atomic mass is 9.95. The first kappa shape index (κ1) is 19.1. The van der Waals surface area contributed by atoms with Gasteiger partial charge in [0, 0.05) is 5.56 Å². The molecule has 2 aromatic rings. The summed E-state index contributed by atoms with van der Waals surface area (Å²) >= 11 is 0. The lowest BCUT2D eigenvalue weighted by Gasteiger charge is -2.33. The number of fused-ring (bicyclic) bond motifs is 3. The summed E-state index contributed by atoms with van der Waals surface area (Å²) in [5.74, 6) is -3.44. The van der Waals surface area contributed by atoms with E-state index in [0.29, 0.717) is 53.1 Å². The summed E-state index contributed by atoms with van der Waals surface area (Å²) in [4.78, 5) is 40.3. The molecule has 2 aromatic carbocycles. The number of hydrogen-bond acceptors (Lipinski definition) is 5.